The lowest BCUT2D eigenvalue weighted by Gasteiger charge is -2.34. The van der Waals surface area contributed by atoms with Crippen LogP contribution in [0.4, 0.5) is 0 Å². The van der Waals surface area contributed by atoms with Gasteiger partial charge in [0.2, 0.25) is 0 Å². The quantitative estimate of drug-likeness (QED) is 0.723. The van der Waals surface area contributed by atoms with Crippen LogP contribution in [0.1, 0.15) is 33.1 Å². The first-order valence-electron chi connectivity index (χ1n) is 5.88. The normalized spacial score (nSPS) is 22.7. The van der Waals surface area contributed by atoms with Crippen molar-refractivity contribution in [3.63, 3.8) is 0 Å². The van der Waals surface area contributed by atoms with E-state index in [9.17, 15) is 0 Å². The van der Waals surface area contributed by atoms with Crippen molar-refractivity contribution in [1.29, 1.82) is 0 Å². The maximum Gasteiger partial charge on any atom is 0.0107 e. The largest absolute Gasteiger partial charge is 0.412 e. The summed E-state index contributed by atoms with van der Waals surface area (Å²) in [6.45, 7) is 10.3. The van der Waals surface area contributed by atoms with Crippen LogP contribution in [0.2, 0.25) is 0 Å². The van der Waals surface area contributed by atoms with E-state index < -0.39 is 0 Å². The zero-order chi connectivity index (χ0) is 9.52. The Labute approximate surface area is 88.2 Å². The third-order valence-corrected chi connectivity index (χ3v) is 2.95. The van der Waals surface area contributed by atoms with Crippen molar-refractivity contribution >= 4 is 0 Å². The number of piperazine rings is 1. The van der Waals surface area contributed by atoms with Crippen molar-refractivity contribution in [3.8, 4) is 0 Å². The van der Waals surface area contributed by atoms with Crippen LogP contribution in [0.25, 0.3) is 0 Å². The van der Waals surface area contributed by atoms with Crippen LogP contribution in [0.5, 0.6) is 0 Å². The van der Waals surface area contributed by atoms with Gasteiger partial charge in [-0.1, -0.05) is 20.3 Å². The Balaban J connectivity index is 0.000000531. The first kappa shape index (κ1) is 13.9. The second kappa shape index (κ2) is 8.21. The smallest absolute Gasteiger partial charge is 0.0107 e. The Kier molecular flexibility index (Phi) is 8.14. The first-order valence-corrected chi connectivity index (χ1v) is 5.88. The molecule has 0 aromatic carbocycles. The van der Waals surface area contributed by atoms with Gasteiger partial charge in [0.05, 0.1) is 0 Å². The van der Waals surface area contributed by atoms with Gasteiger partial charge in [-0.15, -0.1) is 0 Å². The van der Waals surface area contributed by atoms with Crippen LogP contribution in [-0.2, 0) is 0 Å². The van der Waals surface area contributed by atoms with Crippen molar-refractivity contribution in [1.82, 2.24) is 10.2 Å². The molecule has 0 spiro atoms. The standard InChI is InChI=1S/C9H18N2.C2H6.H2O/c1-2-9(3-1)8-11-6-4-10-5-7-11;1-2;/h9-10H,1-8H2;1-2H3;1H2. The SMILES string of the molecule is C1CC(CN2CCNCC2)C1.CC.O. The molecule has 0 amide bonds. The minimum atomic E-state index is 0. The molecular weight excluding hydrogens is 176 g/mol. The summed E-state index contributed by atoms with van der Waals surface area (Å²) in [6, 6.07) is 0. The molecule has 14 heavy (non-hydrogen) atoms. The average Bonchev–Trinajstić information content (AvgIpc) is 2.17. The molecule has 0 aromatic rings. The van der Waals surface area contributed by atoms with E-state index in [2.05, 4.69) is 10.2 Å². The molecule has 2 rings (SSSR count). The van der Waals surface area contributed by atoms with Gasteiger partial charge in [0, 0.05) is 32.7 Å². The Bertz CT molecular complexity index is 120. The second-order valence-corrected chi connectivity index (χ2v) is 3.85. The Hall–Kier alpha value is -0.120. The van der Waals surface area contributed by atoms with E-state index in [1.165, 1.54) is 52.0 Å². The van der Waals surface area contributed by atoms with E-state index >= 15 is 0 Å². The van der Waals surface area contributed by atoms with Crippen LogP contribution in [0, 0.1) is 5.92 Å². The predicted molar refractivity (Wildman–Crippen MR) is 61.6 cm³/mol. The fourth-order valence-electron chi connectivity index (χ4n) is 1.93. The van der Waals surface area contributed by atoms with E-state index in [0.29, 0.717) is 0 Å². The molecule has 86 valence electrons. The van der Waals surface area contributed by atoms with E-state index in [-0.39, 0.29) is 5.48 Å². The van der Waals surface area contributed by atoms with Crippen molar-refractivity contribution in [2.75, 3.05) is 32.7 Å². The van der Waals surface area contributed by atoms with Gasteiger partial charge in [0.15, 0.2) is 0 Å². The molecule has 1 saturated heterocycles. The van der Waals surface area contributed by atoms with Crippen LogP contribution < -0.4 is 5.32 Å². The third-order valence-electron chi connectivity index (χ3n) is 2.95. The maximum atomic E-state index is 3.38. The van der Waals surface area contributed by atoms with E-state index in [1.807, 2.05) is 13.8 Å². The minimum absolute atomic E-state index is 0. The fourth-order valence-corrected chi connectivity index (χ4v) is 1.93. The lowest BCUT2D eigenvalue weighted by Crippen LogP contribution is -2.46. The summed E-state index contributed by atoms with van der Waals surface area (Å²) in [5.74, 6) is 1.05. The van der Waals surface area contributed by atoms with Gasteiger partial charge >= 0.3 is 0 Å². The zero-order valence-corrected chi connectivity index (χ0v) is 9.68. The molecule has 2 aliphatic rings. The molecule has 1 aliphatic carbocycles. The summed E-state index contributed by atoms with van der Waals surface area (Å²) >= 11 is 0. The second-order valence-electron chi connectivity index (χ2n) is 3.85. The maximum absolute atomic E-state index is 3.38. The van der Waals surface area contributed by atoms with Gasteiger partial charge in [-0.25, -0.2) is 0 Å². The molecule has 1 heterocycles. The summed E-state index contributed by atoms with van der Waals surface area (Å²) < 4.78 is 0. The van der Waals surface area contributed by atoms with E-state index in [1.54, 1.807) is 0 Å². The van der Waals surface area contributed by atoms with Crippen molar-refractivity contribution < 1.29 is 5.48 Å². The summed E-state index contributed by atoms with van der Waals surface area (Å²) in [6.07, 6.45) is 4.46. The summed E-state index contributed by atoms with van der Waals surface area (Å²) in [5, 5.41) is 3.38. The molecule has 1 aliphatic heterocycles. The lowest BCUT2D eigenvalue weighted by atomic mass is 9.85. The average molecular weight is 202 g/mol. The Morgan fingerprint density at radius 1 is 1.14 bits per heavy atom. The number of rotatable bonds is 2. The molecular formula is C11H26N2O. The minimum Gasteiger partial charge on any atom is -0.412 e. The summed E-state index contributed by atoms with van der Waals surface area (Å²) in [4.78, 5) is 2.61. The molecule has 1 saturated carbocycles. The monoisotopic (exact) mass is 202 g/mol. The Morgan fingerprint density at radius 2 is 1.71 bits per heavy atom. The molecule has 2 fully saturated rings. The summed E-state index contributed by atoms with van der Waals surface area (Å²) in [7, 11) is 0. The van der Waals surface area contributed by atoms with Gasteiger partial charge < -0.3 is 15.7 Å². The predicted octanol–water partition coefficient (Wildman–Crippen LogP) is 0.893. The molecule has 0 unspecified atom stereocenters. The lowest BCUT2D eigenvalue weighted by molar-refractivity contribution is 0.162. The number of hydrogen-bond acceptors (Lipinski definition) is 2. The molecule has 0 bridgehead atoms. The molecule has 0 aromatic heterocycles. The van der Waals surface area contributed by atoms with Crippen molar-refractivity contribution in [2.24, 2.45) is 5.92 Å². The highest BCUT2D eigenvalue weighted by atomic mass is 16.0. The third kappa shape index (κ3) is 4.40. The van der Waals surface area contributed by atoms with Crippen molar-refractivity contribution in [2.45, 2.75) is 33.1 Å². The summed E-state index contributed by atoms with van der Waals surface area (Å²) in [5.41, 5.74) is 0. The first-order chi connectivity index (χ1) is 6.45. The molecule has 3 nitrogen and oxygen atoms in total. The number of nitrogens with one attached hydrogen (secondary N) is 1. The molecule has 0 atom stereocenters. The van der Waals surface area contributed by atoms with Gasteiger partial charge in [-0.2, -0.15) is 0 Å². The molecule has 3 heteroatoms. The molecule has 0 radical (unpaired) electrons. The van der Waals surface area contributed by atoms with Crippen LogP contribution in [0.15, 0.2) is 0 Å². The van der Waals surface area contributed by atoms with Crippen LogP contribution in [0.3, 0.4) is 0 Å². The zero-order valence-electron chi connectivity index (χ0n) is 9.68. The highest BCUT2D eigenvalue weighted by Gasteiger charge is 2.21. The van der Waals surface area contributed by atoms with Crippen LogP contribution >= 0.6 is 0 Å². The molecule has 3 N–H and O–H groups in total. The topological polar surface area (TPSA) is 46.8 Å². The highest BCUT2D eigenvalue weighted by molar-refractivity contribution is 4.76. The van der Waals surface area contributed by atoms with Gasteiger partial charge in [-0.05, 0) is 18.8 Å². The van der Waals surface area contributed by atoms with Gasteiger partial charge in [0.1, 0.15) is 0 Å². The van der Waals surface area contributed by atoms with Crippen LogP contribution in [-0.4, -0.2) is 43.1 Å². The van der Waals surface area contributed by atoms with Gasteiger partial charge in [0.25, 0.3) is 0 Å². The van der Waals surface area contributed by atoms with E-state index in [0.717, 1.165) is 5.92 Å². The number of hydrogen-bond donors (Lipinski definition) is 1. The number of nitrogens with zero attached hydrogens (tertiary/aromatic N) is 1. The van der Waals surface area contributed by atoms with E-state index in [4.69, 9.17) is 0 Å². The van der Waals surface area contributed by atoms with Crippen molar-refractivity contribution in [3.05, 3.63) is 0 Å². The fraction of sp³-hybridized carbons (Fsp3) is 1.00. The Morgan fingerprint density at radius 3 is 2.14 bits per heavy atom. The van der Waals surface area contributed by atoms with Gasteiger partial charge in [-0.3, -0.25) is 0 Å². The highest BCUT2D eigenvalue weighted by Crippen LogP contribution is 2.26.